The number of aromatic nitrogens is 2. The van der Waals surface area contributed by atoms with Crippen molar-refractivity contribution < 1.29 is 4.74 Å². The number of hydrogen-bond donors (Lipinski definition) is 1. The summed E-state index contributed by atoms with van der Waals surface area (Å²) in [6.45, 7) is 0. The van der Waals surface area contributed by atoms with Crippen molar-refractivity contribution in [3.05, 3.63) is 70.4 Å². The number of benzene rings is 1. The first-order chi connectivity index (χ1) is 9.72. The molecular weight excluding hydrogens is 252 g/mol. The van der Waals surface area contributed by atoms with E-state index >= 15 is 0 Å². The summed E-state index contributed by atoms with van der Waals surface area (Å²) in [5.74, 6) is 0. The molecule has 0 aliphatic rings. The summed E-state index contributed by atoms with van der Waals surface area (Å²) < 4.78 is 7.26. The maximum absolute atomic E-state index is 12.1. The number of pyridine rings is 1. The standard InChI is InChI=1S/C16H16N2O2/c1-18-10-14(12-8-17-9-13(12)16(18)19)15(20-2)11-6-4-3-5-7-11/h3-10,15,17H,1-2H3. The molecule has 1 aromatic carbocycles. The fourth-order valence-corrected chi connectivity index (χ4v) is 2.59. The van der Waals surface area contributed by atoms with E-state index in [9.17, 15) is 4.79 Å². The molecule has 0 aliphatic carbocycles. The first-order valence-corrected chi connectivity index (χ1v) is 6.46. The van der Waals surface area contributed by atoms with E-state index in [0.717, 1.165) is 16.5 Å². The Hall–Kier alpha value is -2.33. The molecule has 0 fully saturated rings. The van der Waals surface area contributed by atoms with Gasteiger partial charge >= 0.3 is 0 Å². The minimum absolute atomic E-state index is 0.00656. The first kappa shape index (κ1) is 12.7. The van der Waals surface area contributed by atoms with Crippen molar-refractivity contribution >= 4 is 10.8 Å². The van der Waals surface area contributed by atoms with E-state index in [2.05, 4.69) is 4.98 Å². The van der Waals surface area contributed by atoms with Crippen LogP contribution >= 0.6 is 0 Å². The molecule has 2 aromatic heterocycles. The van der Waals surface area contributed by atoms with Gasteiger partial charge in [-0.2, -0.15) is 0 Å². The Bertz CT molecular complexity index is 787. The van der Waals surface area contributed by atoms with Crippen LogP contribution in [0.15, 0.2) is 53.7 Å². The molecule has 0 spiro atoms. The number of fused-ring (bicyclic) bond motifs is 1. The molecule has 102 valence electrons. The molecule has 4 nitrogen and oxygen atoms in total. The highest BCUT2D eigenvalue weighted by molar-refractivity contribution is 5.85. The van der Waals surface area contributed by atoms with Crippen molar-refractivity contribution in [3.8, 4) is 0 Å². The highest BCUT2D eigenvalue weighted by atomic mass is 16.5. The number of ether oxygens (including phenoxy) is 1. The van der Waals surface area contributed by atoms with Crippen LogP contribution in [0.25, 0.3) is 10.8 Å². The molecular formula is C16H16N2O2. The fourth-order valence-electron chi connectivity index (χ4n) is 2.59. The quantitative estimate of drug-likeness (QED) is 0.793. The molecule has 1 N–H and O–H groups in total. The Morgan fingerprint density at radius 1 is 1.15 bits per heavy atom. The summed E-state index contributed by atoms with van der Waals surface area (Å²) in [6.07, 6.45) is 5.24. The fraction of sp³-hybridized carbons (Fsp3) is 0.188. The predicted molar refractivity (Wildman–Crippen MR) is 78.8 cm³/mol. The summed E-state index contributed by atoms with van der Waals surface area (Å²) in [7, 11) is 3.44. The van der Waals surface area contributed by atoms with Gasteiger partial charge in [-0.25, -0.2) is 0 Å². The maximum atomic E-state index is 12.1. The van der Waals surface area contributed by atoms with Crippen LogP contribution in [-0.2, 0) is 11.8 Å². The Morgan fingerprint density at radius 2 is 1.85 bits per heavy atom. The normalized spacial score (nSPS) is 12.7. The monoisotopic (exact) mass is 268 g/mol. The van der Waals surface area contributed by atoms with E-state index in [4.69, 9.17) is 4.74 Å². The van der Waals surface area contributed by atoms with Crippen LogP contribution in [0.1, 0.15) is 17.2 Å². The molecule has 0 bridgehead atoms. The Morgan fingerprint density at radius 3 is 2.55 bits per heavy atom. The number of nitrogens with zero attached hydrogens (tertiary/aromatic N) is 1. The lowest BCUT2D eigenvalue weighted by molar-refractivity contribution is 0.137. The molecule has 0 amide bonds. The molecule has 4 heteroatoms. The van der Waals surface area contributed by atoms with E-state index < -0.39 is 0 Å². The third-order valence-electron chi connectivity index (χ3n) is 3.56. The number of methoxy groups -OCH3 is 1. The van der Waals surface area contributed by atoms with Crippen molar-refractivity contribution in [2.24, 2.45) is 7.05 Å². The van der Waals surface area contributed by atoms with Crippen LogP contribution < -0.4 is 5.56 Å². The third-order valence-corrected chi connectivity index (χ3v) is 3.56. The van der Waals surface area contributed by atoms with Crippen molar-refractivity contribution in [1.29, 1.82) is 0 Å². The number of hydrogen-bond acceptors (Lipinski definition) is 2. The van der Waals surface area contributed by atoms with Gasteiger partial charge in [0.25, 0.3) is 5.56 Å². The van der Waals surface area contributed by atoms with Crippen molar-refractivity contribution in [1.82, 2.24) is 9.55 Å². The van der Waals surface area contributed by atoms with Crippen LogP contribution in [0.5, 0.6) is 0 Å². The number of nitrogens with one attached hydrogen (secondary N) is 1. The molecule has 3 aromatic rings. The van der Waals surface area contributed by atoms with Crippen molar-refractivity contribution in [2.75, 3.05) is 7.11 Å². The van der Waals surface area contributed by atoms with Gasteiger partial charge < -0.3 is 14.3 Å². The van der Waals surface area contributed by atoms with Gasteiger partial charge in [-0.05, 0) is 5.56 Å². The van der Waals surface area contributed by atoms with Crippen molar-refractivity contribution in [3.63, 3.8) is 0 Å². The summed E-state index contributed by atoms with van der Waals surface area (Å²) in [4.78, 5) is 15.1. The Labute approximate surface area is 116 Å². The molecule has 0 saturated carbocycles. The molecule has 0 radical (unpaired) electrons. The van der Waals surface area contributed by atoms with Crippen molar-refractivity contribution in [2.45, 2.75) is 6.10 Å². The average Bonchev–Trinajstić information content (AvgIpc) is 2.96. The molecule has 2 heterocycles. The van der Waals surface area contributed by atoms with E-state index in [-0.39, 0.29) is 11.7 Å². The molecule has 1 unspecified atom stereocenters. The summed E-state index contributed by atoms with van der Waals surface area (Å²) in [5.41, 5.74) is 2.04. The van der Waals surface area contributed by atoms with E-state index in [1.807, 2.05) is 42.7 Å². The van der Waals surface area contributed by atoms with Gasteiger partial charge in [-0.3, -0.25) is 4.79 Å². The van der Waals surface area contributed by atoms with Gasteiger partial charge in [0.05, 0.1) is 5.39 Å². The Kier molecular flexibility index (Phi) is 3.16. The second-order valence-corrected chi connectivity index (χ2v) is 4.81. The topological polar surface area (TPSA) is 47.0 Å². The van der Waals surface area contributed by atoms with Gasteiger partial charge in [-0.15, -0.1) is 0 Å². The lowest BCUT2D eigenvalue weighted by Gasteiger charge is -2.18. The van der Waals surface area contributed by atoms with Gasteiger partial charge in [0.1, 0.15) is 6.10 Å². The zero-order chi connectivity index (χ0) is 14.1. The van der Waals surface area contributed by atoms with Gasteiger partial charge in [0.2, 0.25) is 0 Å². The van der Waals surface area contributed by atoms with Gasteiger partial charge in [0, 0.05) is 43.7 Å². The lowest BCUT2D eigenvalue weighted by Crippen LogP contribution is -2.18. The Balaban J connectivity index is 2.25. The maximum Gasteiger partial charge on any atom is 0.259 e. The molecule has 0 saturated heterocycles. The minimum atomic E-state index is -0.193. The lowest BCUT2D eigenvalue weighted by atomic mass is 10.00. The number of H-pyrrole nitrogens is 1. The van der Waals surface area contributed by atoms with Gasteiger partial charge in [0.15, 0.2) is 0 Å². The highest BCUT2D eigenvalue weighted by Gasteiger charge is 2.18. The molecule has 20 heavy (non-hydrogen) atoms. The molecule has 1 atom stereocenters. The molecule has 0 aliphatic heterocycles. The third kappa shape index (κ3) is 1.94. The van der Waals surface area contributed by atoms with E-state index in [1.165, 1.54) is 0 Å². The summed E-state index contributed by atoms with van der Waals surface area (Å²) in [5, 5.41) is 1.59. The van der Waals surface area contributed by atoms with E-state index in [0.29, 0.717) is 5.39 Å². The van der Waals surface area contributed by atoms with Gasteiger partial charge in [-0.1, -0.05) is 30.3 Å². The number of aryl methyl sites for hydroxylation is 1. The minimum Gasteiger partial charge on any atom is -0.372 e. The average molecular weight is 268 g/mol. The second-order valence-electron chi connectivity index (χ2n) is 4.81. The number of rotatable bonds is 3. The van der Waals surface area contributed by atoms with E-state index in [1.54, 1.807) is 24.9 Å². The smallest absolute Gasteiger partial charge is 0.259 e. The largest absolute Gasteiger partial charge is 0.372 e. The van der Waals surface area contributed by atoms with Crippen LogP contribution in [0.2, 0.25) is 0 Å². The van der Waals surface area contributed by atoms with Crippen LogP contribution in [0.4, 0.5) is 0 Å². The second kappa shape index (κ2) is 4.98. The van der Waals surface area contributed by atoms with Crippen LogP contribution in [0, 0.1) is 0 Å². The zero-order valence-corrected chi connectivity index (χ0v) is 11.5. The van der Waals surface area contributed by atoms with Crippen LogP contribution in [0.3, 0.4) is 0 Å². The summed E-state index contributed by atoms with van der Waals surface area (Å²) >= 11 is 0. The highest BCUT2D eigenvalue weighted by Crippen LogP contribution is 2.29. The number of aromatic amines is 1. The first-order valence-electron chi connectivity index (χ1n) is 6.46. The van der Waals surface area contributed by atoms with Crippen LogP contribution in [-0.4, -0.2) is 16.7 Å². The SMILES string of the molecule is COC(c1ccccc1)c1cn(C)c(=O)c2c[nH]cc12. The summed E-state index contributed by atoms with van der Waals surface area (Å²) in [6, 6.07) is 9.99. The predicted octanol–water partition coefficient (Wildman–Crippen LogP) is 2.60. The molecule has 3 rings (SSSR count). The zero-order valence-electron chi connectivity index (χ0n) is 11.5.